The van der Waals surface area contributed by atoms with Gasteiger partial charge in [-0.1, -0.05) is 0 Å². The standard InChI is InChI=1S/C13H10FN3O/c1-8-16-11-7-15-5-4-13(11)17(8)12-3-2-9(18)6-10(12)14/h2-7,18H,1H3. The number of pyridine rings is 1. The van der Waals surface area contributed by atoms with Crippen molar-refractivity contribution in [2.45, 2.75) is 6.92 Å². The fourth-order valence-corrected chi connectivity index (χ4v) is 2.03. The zero-order chi connectivity index (χ0) is 12.7. The Balaban J connectivity index is 2.34. The zero-order valence-electron chi connectivity index (χ0n) is 9.63. The van der Waals surface area contributed by atoms with E-state index < -0.39 is 5.82 Å². The summed E-state index contributed by atoms with van der Waals surface area (Å²) < 4.78 is 15.6. The molecule has 5 heteroatoms. The van der Waals surface area contributed by atoms with Crippen molar-refractivity contribution in [1.29, 1.82) is 0 Å². The van der Waals surface area contributed by atoms with Gasteiger partial charge in [0.05, 0.1) is 17.4 Å². The maximum absolute atomic E-state index is 13.9. The van der Waals surface area contributed by atoms with Gasteiger partial charge in [0.25, 0.3) is 0 Å². The Kier molecular flexibility index (Phi) is 2.26. The molecule has 0 atom stereocenters. The molecule has 0 unspecified atom stereocenters. The molecule has 0 fully saturated rings. The molecule has 3 rings (SSSR count). The van der Waals surface area contributed by atoms with Gasteiger partial charge in [-0.15, -0.1) is 0 Å². The smallest absolute Gasteiger partial charge is 0.150 e. The highest BCUT2D eigenvalue weighted by atomic mass is 19.1. The van der Waals surface area contributed by atoms with Crippen LogP contribution in [0, 0.1) is 12.7 Å². The molecule has 1 aromatic carbocycles. The molecule has 0 spiro atoms. The van der Waals surface area contributed by atoms with E-state index in [2.05, 4.69) is 9.97 Å². The predicted molar refractivity (Wildman–Crippen MR) is 65.2 cm³/mol. The molecule has 18 heavy (non-hydrogen) atoms. The maximum Gasteiger partial charge on any atom is 0.150 e. The molecule has 0 radical (unpaired) electrons. The van der Waals surface area contributed by atoms with E-state index in [0.717, 1.165) is 11.6 Å². The van der Waals surface area contributed by atoms with Crippen LogP contribution in [0.4, 0.5) is 4.39 Å². The number of fused-ring (bicyclic) bond motifs is 1. The van der Waals surface area contributed by atoms with Crippen molar-refractivity contribution in [1.82, 2.24) is 14.5 Å². The number of nitrogens with zero attached hydrogens (tertiary/aromatic N) is 3. The van der Waals surface area contributed by atoms with E-state index in [9.17, 15) is 9.50 Å². The van der Waals surface area contributed by atoms with Crippen LogP contribution in [0.1, 0.15) is 5.82 Å². The number of hydrogen-bond donors (Lipinski definition) is 1. The summed E-state index contributed by atoms with van der Waals surface area (Å²) in [6.45, 7) is 1.80. The van der Waals surface area contributed by atoms with Crippen molar-refractivity contribution >= 4 is 11.0 Å². The number of phenolic OH excluding ortho intramolecular Hbond substituents is 1. The second-order valence-electron chi connectivity index (χ2n) is 3.99. The SMILES string of the molecule is Cc1nc2cnccc2n1-c1ccc(O)cc1F. The minimum Gasteiger partial charge on any atom is -0.508 e. The third-order valence-corrected chi connectivity index (χ3v) is 2.80. The molecule has 2 heterocycles. The van der Waals surface area contributed by atoms with Crippen LogP contribution in [-0.4, -0.2) is 19.6 Å². The lowest BCUT2D eigenvalue weighted by molar-refractivity contribution is 0.468. The highest BCUT2D eigenvalue weighted by molar-refractivity contribution is 5.77. The Morgan fingerprint density at radius 2 is 2.11 bits per heavy atom. The number of benzene rings is 1. The Morgan fingerprint density at radius 3 is 2.89 bits per heavy atom. The number of rotatable bonds is 1. The molecule has 0 saturated heterocycles. The van der Waals surface area contributed by atoms with E-state index in [1.165, 1.54) is 12.1 Å². The van der Waals surface area contributed by atoms with E-state index >= 15 is 0 Å². The number of aromatic hydroxyl groups is 1. The van der Waals surface area contributed by atoms with Gasteiger partial charge >= 0.3 is 0 Å². The van der Waals surface area contributed by atoms with E-state index in [-0.39, 0.29) is 5.75 Å². The summed E-state index contributed by atoms with van der Waals surface area (Å²) in [5.74, 6) is 0.0804. The van der Waals surface area contributed by atoms with Gasteiger partial charge in [-0.05, 0) is 25.1 Å². The van der Waals surface area contributed by atoms with Gasteiger partial charge in [-0.3, -0.25) is 9.55 Å². The van der Waals surface area contributed by atoms with Crippen molar-refractivity contribution in [2.75, 3.05) is 0 Å². The maximum atomic E-state index is 13.9. The molecule has 1 N–H and O–H groups in total. The predicted octanol–water partition coefficient (Wildman–Crippen LogP) is 2.57. The summed E-state index contributed by atoms with van der Waals surface area (Å²) in [6, 6.07) is 5.84. The molecule has 0 amide bonds. The average molecular weight is 243 g/mol. The summed E-state index contributed by atoms with van der Waals surface area (Å²) in [6.07, 6.45) is 3.27. The molecule has 0 aliphatic heterocycles. The van der Waals surface area contributed by atoms with E-state index in [1.54, 1.807) is 30.0 Å². The molecule has 0 aliphatic rings. The first-order valence-electron chi connectivity index (χ1n) is 5.45. The largest absolute Gasteiger partial charge is 0.508 e. The summed E-state index contributed by atoms with van der Waals surface area (Å²) in [4.78, 5) is 8.31. The first-order chi connectivity index (χ1) is 8.66. The second kappa shape index (κ2) is 3.80. The normalized spacial score (nSPS) is 11.0. The van der Waals surface area contributed by atoms with Gasteiger partial charge in [0.1, 0.15) is 17.1 Å². The summed E-state index contributed by atoms with van der Waals surface area (Å²) in [5.41, 5.74) is 1.86. The molecule has 0 saturated carbocycles. The Hall–Kier alpha value is -2.43. The molecule has 2 aromatic heterocycles. The number of aromatic nitrogens is 3. The van der Waals surface area contributed by atoms with Crippen LogP contribution >= 0.6 is 0 Å². The quantitative estimate of drug-likeness (QED) is 0.714. The molecule has 3 aromatic rings. The van der Waals surface area contributed by atoms with Crippen molar-refractivity contribution < 1.29 is 9.50 Å². The molecule has 90 valence electrons. The highest BCUT2D eigenvalue weighted by Crippen LogP contribution is 2.24. The van der Waals surface area contributed by atoms with E-state index in [1.807, 2.05) is 0 Å². The fourth-order valence-electron chi connectivity index (χ4n) is 2.03. The van der Waals surface area contributed by atoms with Crippen molar-refractivity contribution in [3.8, 4) is 11.4 Å². The van der Waals surface area contributed by atoms with Crippen LogP contribution in [0.2, 0.25) is 0 Å². The number of hydrogen-bond acceptors (Lipinski definition) is 3. The van der Waals surface area contributed by atoms with Crippen molar-refractivity contribution in [3.63, 3.8) is 0 Å². The third-order valence-electron chi connectivity index (χ3n) is 2.80. The lowest BCUT2D eigenvalue weighted by Crippen LogP contribution is -1.99. The first kappa shape index (κ1) is 10.7. The number of imidazole rings is 1. The van der Waals surface area contributed by atoms with Crippen LogP contribution in [-0.2, 0) is 0 Å². The van der Waals surface area contributed by atoms with Crippen LogP contribution < -0.4 is 0 Å². The van der Waals surface area contributed by atoms with Gasteiger partial charge in [0.15, 0.2) is 5.82 Å². The third kappa shape index (κ3) is 1.52. The number of phenols is 1. The lowest BCUT2D eigenvalue weighted by atomic mass is 10.2. The molecular formula is C13H10FN3O. The van der Waals surface area contributed by atoms with Crippen molar-refractivity contribution in [3.05, 3.63) is 48.3 Å². The summed E-state index contributed by atoms with van der Waals surface area (Å²) in [7, 11) is 0. The van der Waals surface area contributed by atoms with Gasteiger partial charge in [0.2, 0.25) is 0 Å². The monoisotopic (exact) mass is 243 g/mol. The zero-order valence-corrected chi connectivity index (χ0v) is 9.63. The highest BCUT2D eigenvalue weighted by Gasteiger charge is 2.12. The molecule has 4 nitrogen and oxygen atoms in total. The first-order valence-corrected chi connectivity index (χ1v) is 5.45. The Morgan fingerprint density at radius 1 is 1.28 bits per heavy atom. The fraction of sp³-hybridized carbons (Fsp3) is 0.0769. The van der Waals surface area contributed by atoms with E-state index in [0.29, 0.717) is 17.0 Å². The van der Waals surface area contributed by atoms with Crippen LogP contribution in [0.25, 0.3) is 16.7 Å². The van der Waals surface area contributed by atoms with Gasteiger partial charge in [-0.2, -0.15) is 0 Å². The molecule has 0 aliphatic carbocycles. The summed E-state index contributed by atoms with van der Waals surface area (Å²) in [5, 5.41) is 9.24. The molecule has 0 bridgehead atoms. The van der Waals surface area contributed by atoms with Gasteiger partial charge in [0, 0.05) is 12.3 Å². The van der Waals surface area contributed by atoms with Gasteiger partial charge < -0.3 is 5.11 Å². The Labute approximate surface area is 102 Å². The van der Waals surface area contributed by atoms with Gasteiger partial charge in [-0.25, -0.2) is 9.37 Å². The number of halogens is 1. The van der Waals surface area contributed by atoms with Crippen molar-refractivity contribution in [2.24, 2.45) is 0 Å². The minimum absolute atomic E-state index is 0.0972. The van der Waals surface area contributed by atoms with E-state index in [4.69, 9.17) is 0 Å². The second-order valence-corrected chi connectivity index (χ2v) is 3.99. The topological polar surface area (TPSA) is 50.9 Å². The lowest BCUT2D eigenvalue weighted by Gasteiger charge is -2.08. The molecular weight excluding hydrogens is 233 g/mol. The van der Waals surface area contributed by atoms with Crippen LogP contribution in [0.5, 0.6) is 5.75 Å². The number of aryl methyl sites for hydroxylation is 1. The van der Waals surface area contributed by atoms with Crippen LogP contribution in [0.3, 0.4) is 0 Å². The van der Waals surface area contributed by atoms with Crippen LogP contribution in [0.15, 0.2) is 36.7 Å². The minimum atomic E-state index is -0.491. The Bertz CT molecular complexity index is 736. The average Bonchev–Trinajstić information content (AvgIpc) is 2.66. The summed E-state index contributed by atoms with van der Waals surface area (Å²) >= 11 is 0.